The zero-order valence-corrected chi connectivity index (χ0v) is 14.9. The first-order chi connectivity index (χ1) is 7.66. The number of hydrogen-bond donors (Lipinski definition) is 0. The fraction of sp³-hybridized carbons (Fsp3) is 1.00. The fourth-order valence-corrected chi connectivity index (χ4v) is 8.97. The molecule has 2 aliphatic rings. The molecule has 106 valence electrons. The van der Waals surface area contributed by atoms with Gasteiger partial charge in [0.1, 0.15) is 0 Å². The van der Waals surface area contributed by atoms with E-state index >= 15 is 0 Å². The van der Waals surface area contributed by atoms with Crippen LogP contribution >= 0.6 is 11.8 Å². The van der Waals surface area contributed by atoms with Crippen LogP contribution in [0.3, 0.4) is 0 Å². The summed E-state index contributed by atoms with van der Waals surface area (Å²) in [7, 11) is 0. The second-order valence-corrected chi connectivity index (χ2v) is 11.3. The summed E-state index contributed by atoms with van der Waals surface area (Å²) in [5.41, 5.74) is 1.65. The zero-order chi connectivity index (χ0) is 14.4. The number of hydrogen-bond acceptors (Lipinski definition) is 1. The summed E-state index contributed by atoms with van der Waals surface area (Å²) in [4.78, 5) is 0. The van der Waals surface area contributed by atoms with Crippen molar-refractivity contribution in [2.75, 3.05) is 0 Å². The van der Waals surface area contributed by atoms with E-state index in [4.69, 9.17) is 0 Å². The Labute approximate surface area is 119 Å². The highest BCUT2D eigenvalue weighted by Crippen LogP contribution is 2.92. The van der Waals surface area contributed by atoms with Crippen LogP contribution in [0.25, 0.3) is 0 Å². The smallest absolute Gasteiger partial charge is 0.0425 e. The van der Waals surface area contributed by atoms with Crippen LogP contribution in [0.1, 0.15) is 75.7 Å². The van der Waals surface area contributed by atoms with Crippen molar-refractivity contribution in [3.05, 3.63) is 0 Å². The van der Waals surface area contributed by atoms with Gasteiger partial charge in [-0.2, -0.15) is 0 Å². The van der Waals surface area contributed by atoms with Crippen molar-refractivity contribution in [1.29, 1.82) is 0 Å². The first kappa shape index (κ1) is 14.8. The Balaban J connectivity index is 2.58. The van der Waals surface area contributed by atoms with E-state index in [-0.39, 0.29) is 0 Å². The predicted octanol–water partition coefficient (Wildman–Crippen LogP) is 5.76. The Morgan fingerprint density at radius 3 is 1.17 bits per heavy atom. The summed E-state index contributed by atoms with van der Waals surface area (Å²) in [6.45, 7) is 24.7. The molecule has 2 rings (SSSR count). The second-order valence-electron chi connectivity index (χ2n) is 9.91. The minimum absolute atomic E-state index is 0.352. The molecule has 0 unspecified atom stereocenters. The molecule has 0 radical (unpaired) electrons. The summed E-state index contributed by atoms with van der Waals surface area (Å²) >= 11 is 2.30. The quantitative estimate of drug-likeness (QED) is 0.503. The van der Waals surface area contributed by atoms with Crippen molar-refractivity contribution >= 4 is 11.8 Å². The van der Waals surface area contributed by atoms with Crippen LogP contribution < -0.4 is 0 Å². The standard InChI is InChI=1S/C17H32S/c1-12(2,3)16(13(4,5)6)17(18-16)14(7,8)11-15(17,9)10/h11H2,1-10H3. The van der Waals surface area contributed by atoms with Gasteiger partial charge in [-0.3, -0.25) is 0 Å². The van der Waals surface area contributed by atoms with Gasteiger partial charge < -0.3 is 0 Å². The van der Waals surface area contributed by atoms with Crippen LogP contribution in [0, 0.1) is 21.7 Å². The maximum Gasteiger partial charge on any atom is 0.0425 e. The van der Waals surface area contributed by atoms with Crippen LogP contribution in [0.2, 0.25) is 0 Å². The average Bonchev–Trinajstić information content (AvgIpc) is 2.70. The molecule has 0 aromatic carbocycles. The molecule has 1 heterocycles. The average molecular weight is 269 g/mol. The van der Waals surface area contributed by atoms with Gasteiger partial charge >= 0.3 is 0 Å². The highest BCUT2D eigenvalue weighted by molar-refractivity contribution is 8.10. The number of thioether (sulfide) groups is 1. The molecule has 0 aromatic heterocycles. The van der Waals surface area contributed by atoms with Crippen LogP contribution in [0.4, 0.5) is 0 Å². The molecule has 1 saturated heterocycles. The summed E-state index contributed by atoms with van der Waals surface area (Å²) in [6.07, 6.45) is 1.36. The van der Waals surface area contributed by atoms with E-state index in [1.165, 1.54) is 6.42 Å². The normalized spacial score (nSPS) is 31.0. The first-order valence-corrected chi connectivity index (χ1v) is 8.18. The molecule has 1 aliphatic carbocycles. The minimum Gasteiger partial charge on any atom is -0.143 e. The third kappa shape index (κ3) is 1.26. The van der Waals surface area contributed by atoms with Gasteiger partial charge in [0.2, 0.25) is 0 Å². The lowest BCUT2D eigenvalue weighted by Crippen LogP contribution is -2.66. The van der Waals surface area contributed by atoms with Crippen LogP contribution in [0.5, 0.6) is 0 Å². The molecule has 0 atom stereocenters. The molecule has 0 bridgehead atoms. The molecule has 0 nitrogen and oxygen atoms in total. The van der Waals surface area contributed by atoms with Gasteiger partial charge in [0.25, 0.3) is 0 Å². The zero-order valence-electron chi connectivity index (χ0n) is 14.1. The van der Waals surface area contributed by atoms with Crippen LogP contribution in [0.15, 0.2) is 0 Å². The second kappa shape index (κ2) is 3.15. The van der Waals surface area contributed by atoms with E-state index in [0.29, 0.717) is 31.2 Å². The lowest BCUT2D eigenvalue weighted by Gasteiger charge is -2.63. The number of rotatable bonds is 0. The molecule has 0 N–H and O–H groups in total. The van der Waals surface area contributed by atoms with Gasteiger partial charge in [-0.05, 0) is 28.1 Å². The van der Waals surface area contributed by atoms with E-state index in [2.05, 4.69) is 81.0 Å². The van der Waals surface area contributed by atoms with Crippen molar-refractivity contribution < 1.29 is 0 Å². The first-order valence-electron chi connectivity index (χ1n) is 7.37. The van der Waals surface area contributed by atoms with Crippen molar-refractivity contribution in [3.63, 3.8) is 0 Å². The van der Waals surface area contributed by atoms with E-state index in [1.807, 2.05) is 0 Å². The SMILES string of the molecule is CC(C)(C)C1(C(C)(C)C)SC12C(C)(C)CC2(C)C. The third-order valence-corrected chi connectivity index (χ3v) is 9.01. The molecule has 0 amide bonds. The fourth-order valence-electron chi connectivity index (χ4n) is 6.08. The molecule has 1 spiro atoms. The summed E-state index contributed by atoms with van der Waals surface area (Å²) in [5.74, 6) is 0. The van der Waals surface area contributed by atoms with E-state index < -0.39 is 0 Å². The highest BCUT2D eigenvalue weighted by Gasteiger charge is 2.89. The van der Waals surface area contributed by atoms with E-state index in [9.17, 15) is 0 Å². The summed E-state index contributed by atoms with van der Waals surface area (Å²) in [6, 6.07) is 0. The maximum absolute atomic E-state index is 2.49. The highest BCUT2D eigenvalue weighted by atomic mass is 32.2. The van der Waals surface area contributed by atoms with Gasteiger partial charge in [-0.25, -0.2) is 0 Å². The van der Waals surface area contributed by atoms with Gasteiger partial charge in [0, 0.05) is 9.49 Å². The topological polar surface area (TPSA) is 0 Å². The van der Waals surface area contributed by atoms with Crippen molar-refractivity contribution in [3.8, 4) is 0 Å². The molecule has 0 aromatic rings. The minimum atomic E-state index is 0.352. The Bertz CT molecular complexity index is 345. The Kier molecular flexibility index (Phi) is 2.58. The predicted molar refractivity (Wildman–Crippen MR) is 84.1 cm³/mol. The van der Waals surface area contributed by atoms with Gasteiger partial charge in [0.05, 0.1) is 0 Å². The van der Waals surface area contributed by atoms with E-state index in [0.717, 1.165) is 0 Å². The summed E-state index contributed by atoms with van der Waals surface area (Å²) in [5, 5.41) is 0. The van der Waals surface area contributed by atoms with Crippen LogP contribution in [-0.4, -0.2) is 9.49 Å². The Hall–Kier alpha value is 0.350. The lowest BCUT2D eigenvalue weighted by atomic mass is 9.39. The van der Waals surface area contributed by atoms with Crippen molar-refractivity contribution in [1.82, 2.24) is 0 Å². The Morgan fingerprint density at radius 1 is 0.722 bits per heavy atom. The van der Waals surface area contributed by atoms with Gasteiger partial charge in [-0.1, -0.05) is 69.2 Å². The lowest BCUT2D eigenvalue weighted by molar-refractivity contribution is -0.0823. The van der Waals surface area contributed by atoms with Gasteiger partial charge in [0.15, 0.2) is 0 Å². The largest absolute Gasteiger partial charge is 0.143 e. The van der Waals surface area contributed by atoms with Crippen molar-refractivity contribution in [2.45, 2.75) is 85.2 Å². The van der Waals surface area contributed by atoms with Crippen molar-refractivity contribution in [2.24, 2.45) is 21.7 Å². The molecule has 1 aliphatic heterocycles. The Morgan fingerprint density at radius 2 is 1.06 bits per heavy atom. The molecule has 1 heteroatoms. The molecule has 18 heavy (non-hydrogen) atoms. The van der Waals surface area contributed by atoms with E-state index in [1.54, 1.807) is 0 Å². The molecular weight excluding hydrogens is 236 g/mol. The molecule has 2 fully saturated rings. The maximum atomic E-state index is 2.49. The molecule has 1 saturated carbocycles. The van der Waals surface area contributed by atoms with Gasteiger partial charge in [-0.15, -0.1) is 11.8 Å². The summed E-state index contributed by atoms with van der Waals surface area (Å²) < 4.78 is 0.863. The third-order valence-electron chi connectivity index (χ3n) is 5.66. The monoisotopic (exact) mass is 268 g/mol. The molecular formula is C17H32S. The van der Waals surface area contributed by atoms with Crippen LogP contribution in [-0.2, 0) is 0 Å².